The summed E-state index contributed by atoms with van der Waals surface area (Å²) in [6, 6.07) is 10.8. The first-order chi connectivity index (χ1) is 12.7. The molecular weight excluding hydrogens is 419 g/mol. The van der Waals surface area contributed by atoms with Crippen LogP contribution >= 0.6 is 11.6 Å². The first-order valence-electron chi connectivity index (χ1n) is 7.47. The first-order valence-corrected chi connectivity index (χ1v) is 9.29. The van der Waals surface area contributed by atoms with E-state index in [2.05, 4.69) is 15.3 Å². The smallest absolute Gasteiger partial charge is 0.299 e. The van der Waals surface area contributed by atoms with Crippen molar-refractivity contribution in [3.63, 3.8) is 0 Å². The summed E-state index contributed by atoms with van der Waals surface area (Å²) in [6.07, 6.45) is 0. The fraction of sp³-hybridized carbons (Fsp3) is 0.0625. The van der Waals surface area contributed by atoms with Gasteiger partial charge in [-0.3, -0.25) is 14.4 Å². The molecule has 1 radical (unpaired) electrons. The van der Waals surface area contributed by atoms with Crippen LogP contribution in [0.2, 0.25) is 5.02 Å². The number of aromatic amines is 1. The summed E-state index contributed by atoms with van der Waals surface area (Å²) in [5.74, 6) is -0.831. The minimum absolute atomic E-state index is 0. The van der Waals surface area contributed by atoms with Crippen LogP contribution in [0, 0.1) is 6.92 Å². The molecule has 9 nitrogen and oxygen atoms in total. The molecule has 0 amide bonds. The van der Waals surface area contributed by atoms with Crippen LogP contribution in [-0.2, 0) is 10.1 Å². The maximum atomic E-state index is 12.5. The van der Waals surface area contributed by atoms with Gasteiger partial charge >= 0.3 is 0 Å². The number of hydrogen-bond donors (Lipinski definition) is 3. The van der Waals surface area contributed by atoms with Crippen molar-refractivity contribution < 1.29 is 18.1 Å². The Morgan fingerprint density at radius 3 is 2.39 bits per heavy atom. The van der Waals surface area contributed by atoms with E-state index in [1.807, 2.05) is 0 Å². The van der Waals surface area contributed by atoms with Gasteiger partial charge in [-0.05, 0) is 31.2 Å². The number of aromatic nitrogens is 2. The molecule has 0 saturated carbocycles. The second-order valence-corrected chi connectivity index (χ2v) is 7.33. The molecular formula is C16H13ClN4NaO5S. The number of azo groups is 1. The maximum Gasteiger partial charge on any atom is 0.299 e. The minimum Gasteiger partial charge on any atom is -0.504 e. The van der Waals surface area contributed by atoms with E-state index in [1.165, 1.54) is 4.68 Å². The maximum absolute atomic E-state index is 12.5. The normalized spacial score (nSPS) is 11.5. The van der Waals surface area contributed by atoms with Crippen molar-refractivity contribution in [3.8, 4) is 11.4 Å². The molecule has 0 saturated heterocycles. The largest absolute Gasteiger partial charge is 0.504 e. The van der Waals surface area contributed by atoms with Crippen LogP contribution in [0.5, 0.6) is 5.75 Å². The SMILES string of the molecule is Cc1[nH]n(-c2ccccc2)c(=O)c1N=Nc1cc(Cl)cc(S(=O)(=O)O)c1O.[Na]. The number of nitrogens with zero attached hydrogens (tertiary/aromatic N) is 3. The number of hydrogen-bond acceptors (Lipinski definition) is 6. The number of H-pyrrole nitrogens is 1. The van der Waals surface area contributed by atoms with Gasteiger partial charge < -0.3 is 5.11 Å². The van der Waals surface area contributed by atoms with Gasteiger partial charge in [-0.2, -0.15) is 8.42 Å². The number of rotatable bonds is 4. The molecule has 0 atom stereocenters. The van der Waals surface area contributed by atoms with Gasteiger partial charge in [0.1, 0.15) is 10.6 Å². The molecule has 0 aliphatic rings. The van der Waals surface area contributed by atoms with E-state index in [9.17, 15) is 18.3 Å². The van der Waals surface area contributed by atoms with E-state index in [0.717, 1.165) is 12.1 Å². The fourth-order valence-electron chi connectivity index (χ4n) is 2.35. The van der Waals surface area contributed by atoms with E-state index >= 15 is 0 Å². The average molecular weight is 432 g/mol. The van der Waals surface area contributed by atoms with E-state index in [-0.39, 0.29) is 46.0 Å². The third kappa shape index (κ3) is 4.54. The Bertz CT molecular complexity index is 1210. The molecule has 1 aromatic heterocycles. The Hall–Kier alpha value is -1.95. The number of aryl methyl sites for hydroxylation is 1. The van der Waals surface area contributed by atoms with Gasteiger partial charge in [0.2, 0.25) is 0 Å². The van der Waals surface area contributed by atoms with Gasteiger partial charge in [0.05, 0.1) is 11.4 Å². The van der Waals surface area contributed by atoms with Crippen molar-refractivity contribution in [1.82, 2.24) is 9.78 Å². The van der Waals surface area contributed by atoms with Gasteiger partial charge in [0.25, 0.3) is 15.7 Å². The summed E-state index contributed by atoms with van der Waals surface area (Å²) in [4.78, 5) is 11.7. The molecule has 3 N–H and O–H groups in total. The molecule has 1 heterocycles. The molecule has 2 aromatic carbocycles. The van der Waals surface area contributed by atoms with E-state index in [0.29, 0.717) is 11.4 Å². The standard InChI is InChI=1S/C16H13ClN4O5S.Na/c1-9-14(16(23)21(20-9)11-5-3-2-4-6-11)19-18-12-7-10(17)8-13(15(12)22)27(24,25)26;/h2-8,20,22H,1H3,(H,24,25,26);. The Kier molecular flexibility index (Phi) is 6.86. The topological polar surface area (TPSA) is 137 Å². The molecule has 3 aromatic rings. The Morgan fingerprint density at radius 2 is 1.79 bits per heavy atom. The van der Waals surface area contributed by atoms with Crippen LogP contribution in [0.15, 0.2) is 62.4 Å². The van der Waals surface area contributed by atoms with Gasteiger partial charge in [-0.15, -0.1) is 10.2 Å². The number of benzene rings is 2. The van der Waals surface area contributed by atoms with Crippen molar-refractivity contribution in [1.29, 1.82) is 0 Å². The predicted molar refractivity (Wildman–Crippen MR) is 104 cm³/mol. The quantitative estimate of drug-likeness (QED) is 0.331. The molecule has 0 aliphatic carbocycles. The summed E-state index contributed by atoms with van der Waals surface area (Å²) < 4.78 is 33.0. The third-order valence-corrected chi connectivity index (χ3v) is 4.70. The van der Waals surface area contributed by atoms with Crippen molar-refractivity contribution in [2.45, 2.75) is 11.8 Å². The van der Waals surface area contributed by atoms with Crippen molar-refractivity contribution in [2.75, 3.05) is 0 Å². The second-order valence-electron chi connectivity index (χ2n) is 5.51. The van der Waals surface area contributed by atoms with Gasteiger partial charge in [0, 0.05) is 34.6 Å². The van der Waals surface area contributed by atoms with Gasteiger partial charge in [-0.25, -0.2) is 4.68 Å². The summed E-state index contributed by atoms with van der Waals surface area (Å²) in [7, 11) is -4.72. The Morgan fingerprint density at radius 1 is 1.14 bits per heavy atom. The monoisotopic (exact) mass is 431 g/mol. The predicted octanol–water partition coefficient (Wildman–Crippen LogP) is 3.11. The van der Waals surface area contributed by atoms with Crippen LogP contribution in [0.3, 0.4) is 0 Å². The second kappa shape index (κ2) is 8.60. The minimum atomic E-state index is -4.72. The summed E-state index contributed by atoms with van der Waals surface area (Å²) in [6.45, 7) is 1.61. The number of phenolic OH excluding ortho intramolecular Hbond substituents is 1. The molecule has 28 heavy (non-hydrogen) atoms. The zero-order valence-corrected chi connectivity index (χ0v) is 18.4. The number of halogens is 1. The number of aromatic hydroxyl groups is 1. The van der Waals surface area contributed by atoms with E-state index in [1.54, 1.807) is 37.3 Å². The van der Waals surface area contributed by atoms with Crippen LogP contribution in [0.25, 0.3) is 5.69 Å². The average Bonchev–Trinajstić information content (AvgIpc) is 2.89. The molecule has 0 bridgehead atoms. The molecule has 0 unspecified atom stereocenters. The third-order valence-electron chi connectivity index (χ3n) is 3.61. The van der Waals surface area contributed by atoms with Crippen LogP contribution in [0.1, 0.15) is 5.69 Å². The van der Waals surface area contributed by atoms with Crippen LogP contribution < -0.4 is 5.56 Å². The molecule has 0 fully saturated rings. The number of para-hydroxylation sites is 1. The van der Waals surface area contributed by atoms with Crippen molar-refractivity contribution >= 4 is 62.7 Å². The summed E-state index contributed by atoms with van der Waals surface area (Å²) in [5.41, 5.74) is 0.155. The zero-order valence-electron chi connectivity index (χ0n) is 14.8. The molecule has 141 valence electrons. The Labute approximate surface area is 186 Å². The molecule has 0 spiro atoms. The van der Waals surface area contributed by atoms with Crippen LogP contribution in [0.4, 0.5) is 11.4 Å². The number of phenols is 1. The van der Waals surface area contributed by atoms with Gasteiger partial charge in [0.15, 0.2) is 11.4 Å². The van der Waals surface area contributed by atoms with Crippen molar-refractivity contribution in [3.05, 3.63) is 63.5 Å². The summed E-state index contributed by atoms with van der Waals surface area (Å²) in [5, 5.41) is 20.3. The zero-order chi connectivity index (χ0) is 19.8. The summed E-state index contributed by atoms with van der Waals surface area (Å²) >= 11 is 5.80. The van der Waals surface area contributed by atoms with Crippen LogP contribution in [-0.4, -0.2) is 57.4 Å². The van der Waals surface area contributed by atoms with E-state index in [4.69, 9.17) is 16.2 Å². The Balaban J connectivity index is 0.00000280. The first kappa shape index (κ1) is 22.3. The van der Waals surface area contributed by atoms with Crippen molar-refractivity contribution in [2.24, 2.45) is 10.2 Å². The van der Waals surface area contributed by atoms with Gasteiger partial charge in [-0.1, -0.05) is 29.8 Å². The molecule has 12 heteroatoms. The molecule has 3 rings (SSSR count). The fourth-order valence-corrected chi connectivity index (χ4v) is 3.25. The number of nitrogens with one attached hydrogen (secondary N) is 1. The van der Waals surface area contributed by atoms with E-state index < -0.39 is 26.3 Å². The molecule has 0 aliphatic heterocycles.